The summed E-state index contributed by atoms with van der Waals surface area (Å²) >= 11 is 0. The molecule has 0 aliphatic carbocycles. The van der Waals surface area contributed by atoms with Crippen molar-refractivity contribution in [3.05, 3.63) is 12.2 Å². The van der Waals surface area contributed by atoms with E-state index in [2.05, 4.69) is 32.4 Å². The van der Waals surface area contributed by atoms with Crippen LogP contribution >= 0.6 is 0 Å². The van der Waals surface area contributed by atoms with Gasteiger partial charge in [0, 0.05) is 5.57 Å². The predicted molar refractivity (Wildman–Crippen MR) is 60.5 cm³/mol. The standard InChI is InChI=1S/C6H10O2.C5H13N/c1-3-4-5(2)6(7)8;1-4-6(3)5-2/h2-4H2,1H3,(H,7,8);4-5H2,1-3H3. The molecule has 84 valence electrons. The van der Waals surface area contributed by atoms with E-state index in [1.807, 2.05) is 6.92 Å². The SMILES string of the molecule is C=C(CCC)C(=O)O.CCN(C)CC. The van der Waals surface area contributed by atoms with Gasteiger partial charge in [-0.05, 0) is 26.6 Å². The van der Waals surface area contributed by atoms with Crippen LogP contribution in [0.25, 0.3) is 0 Å². The van der Waals surface area contributed by atoms with E-state index in [4.69, 9.17) is 5.11 Å². The molecule has 0 radical (unpaired) electrons. The molecule has 0 aromatic rings. The highest BCUT2D eigenvalue weighted by Gasteiger charge is 1.99. The van der Waals surface area contributed by atoms with Crippen LogP contribution in [0.2, 0.25) is 0 Å². The Bertz CT molecular complexity index is 163. The molecule has 1 N–H and O–H groups in total. The lowest BCUT2D eigenvalue weighted by Crippen LogP contribution is -2.15. The van der Waals surface area contributed by atoms with Gasteiger partial charge in [-0.15, -0.1) is 0 Å². The molecule has 14 heavy (non-hydrogen) atoms. The summed E-state index contributed by atoms with van der Waals surface area (Å²) in [5.41, 5.74) is 0.299. The Balaban J connectivity index is 0. The molecule has 0 spiro atoms. The number of aliphatic carboxylic acids is 1. The molecule has 0 amide bonds. The van der Waals surface area contributed by atoms with E-state index in [0.717, 1.165) is 19.5 Å². The van der Waals surface area contributed by atoms with Gasteiger partial charge in [-0.1, -0.05) is 33.8 Å². The molecule has 0 unspecified atom stereocenters. The molecule has 0 atom stereocenters. The first kappa shape index (κ1) is 15.6. The van der Waals surface area contributed by atoms with Gasteiger partial charge < -0.3 is 10.0 Å². The van der Waals surface area contributed by atoms with Gasteiger partial charge in [0.2, 0.25) is 0 Å². The van der Waals surface area contributed by atoms with Crippen molar-refractivity contribution >= 4 is 5.97 Å². The van der Waals surface area contributed by atoms with E-state index < -0.39 is 5.97 Å². The first-order chi connectivity index (χ1) is 6.49. The van der Waals surface area contributed by atoms with Crippen LogP contribution in [0.15, 0.2) is 12.2 Å². The fourth-order valence-corrected chi connectivity index (χ4v) is 0.632. The molecule has 0 fully saturated rings. The molecule has 0 saturated heterocycles. The Morgan fingerprint density at radius 2 is 1.71 bits per heavy atom. The minimum atomic E-state index is -0.883. The van der Waals surface area contributed by atoms with Crippen molar-refractivity contribution in [3.63, 3.8) is 0 Å². The van der Waals surface area contributed by atoms with Crippen LogP contribution in [0.1, 0.15) is 33.6 Å². The first-order valence-electron chi connectivity index (χ1n) is 5.09. The number of hydrogen-bond donors (Lipinski definition) is 1. The Hall–Kier alpha value is -0.830. The van der Waals surface area contributed by atoms with Crippen LogP contribution in [0.5, 0.6) is 0 Å². The highest BCUT2D eigenvalue weighted by atomic mass is 16.4. The lowest BCUT2D eigenvalue weighted by atomic mass is 10.2. The molecule has 0 aromatic carbocycles. The molecule has 0 aliphatic rings. The van der Waals surface area contributed by atoms with Gasteiger partial charge in [0.15, 0.2) is 0 Å². The number of rotatable bonds is 5. The smallest absolute Gasteiger partial charge is 0.330 e. The van der Waals surface area contributed by atoms with E-state index in [0.29, 0.717) is 12.0 Å². The Kier molecular flexibility index (Phi) is 11.4. The van der Waals surface area contributed by atoms with E-state index in [1.54, 1.807) is 0 Å². The summed E-state index contributed by atoms with van der Waals surface area (Å²) in [4.78, 5) is 12.2. The lowest BCUT2D eigenvalue weighted by Gasteiger charge is -2.07. The third kappa shape index (κ3) is 11.2. The van der Waals surface area contributed by atoms with Gasteiger partial charge in [0.05, 0.1) is 0 Å². The zero-order valence-electron chi connectivity index (χ0n) is 9.84. The van der Waals surface area contributed by atoms with E-state index in [-0.39, 0.29) is 0 Å². The third-order valence-corrected chi connectivity index (χ3v) is 1.93. The summed E-state index contributed by atoms with van der Waals surface area (Å²) in [5.74, 6) is -0.883. The molecule has 3 heteroatoms. The highest BCUT2D eigenvalue weighted by molar-refractivity contribution is 5.85. The van der Waals surface area contributed by atoms with Gasteiger partial charge in [-0.2, -0.15) is 0 Å². The summed E-state index contributed by atoms with van der Waals surface area (Å²) in [5, 5.41) is 8.21. The molecular weight excluding hydrogens is 178 g/mol. The molecule has 3 nitrogen and oxygen atoms in total. The van der Waals surface area contributed by atoms with Crippen LogP contribution in [-0.2, 0) is 4.79 Å². The number of hydrogen-bond acceptors (Lipinski definition) is 2. The zero-order chi connectivity index (χ0) is 11.6. The van der Waals surface area contributed by atoms with Crippen molar-refractivity contribution in [1.82, 2.24) is 4.90 Å². The fourth-order valence-electron chi connectivity index (χ4n) is 0.632. The van der Waals surface area contributed by atoms with Gasteiger partial charge in [0.25, 0.3) is 0 Å². The van der Waals surface area contributed by atoms with Crippen LogP contribution in [0.3, 0.4) is 0 Å². The maximum atomic E-state index is 9.99. The Morgan fingerprint density at radius 1 is 1.29 bits per heavy atom. The van der Waals surface area contributed by atoms with Gasteiger partial charge in [-0.3, -0.25) is 0 Å². The summed E-state index contributed by atoms with van der Waals surface area (Å²) in [6, 6.07) is 0. The molecule has 0 saturated carbocycles. The van der Waals surface area contributed by atoms with Gasteiger partial charge >= 0.3 is 5.97 Å². The van der Waals surface area contributed by atoms with Crippen molar-refractivity contribution in [2.24, 2.45) is 0 Å². The van der Waals surface area contributed by atoms with E-state index in [1.165, 1.54) is 0 Å². The first-order valence-corrected chi connectivity index (χ1v) is 5.09. The predicted octanol–water partition coefficient (Wildman–Crippen LogP) is 2.39. The number of carboxylic acid groups (broad SMARTS) is 1. The van der Waals surface area contributed by atoms with Crippen LogP contribution in [0.4, 0.5) is 0 Å². The second-order valence-corrected chi connectivity index (χ2v) is 3.15. The van der Waals surface area contributed by atoms with E-state index >= 15 is 0 Å². The molecule has 0 bridgehead atoms. The monoisotopic (exact) mass is 201 g/mol. The van der Waals surface area contributed by atoms with Gasteiger partial charge in [-0.25, -0.2) is 4.79 Å². The van der Waals surface area contributed by atoms with Crippen LogP contribution < -0.4 is 0 Å². The summed E-state index contributed by atoms with van der Waals surface area (Å²) < 4.78 is 0. The molecule has 0 heterocycles. The summed E-state index contributed by atoms with van der Waals surface area (Å²) in [7, 11) is 2.11. The van der Waals surface area contributed by atoms with E-state index in [9.17, 15) is 4.79 Å². The maximum Gasteiger partial charge on any atom is 0.330 e. The highest BCUT2D eigenvalue weighted by Crippen LogP contribution is 1.99. The fraction of sp³-hybridized carbons (Fsp3) is 0.727. The Morgan fingerprint density at radius 3 is 1.79 bits per heavy atom. The average Bonchev–Trinajstić information content (AvgIpc) is 2.18. The average molecular weight is 201 g/mol. The van der Waals surface area contributed by atoms with Crippen molar-refractivity contribution in [2.45, 2.75) is 33.6 Å². The number of carbonyl (C=O) groups is 1. The van der Waals surface area contributed by atoms with Crippen molar-refractivity contribution < 1.29 is 9.90 Å². The second kappa shape index (κ2) is 10.3. The normalized spacial score (nSPS) is 9.21. The minimum Gasteiger partial charge on any atom is -0.478 e. The van der Waals surface area contributed by atoms with Gasteiger partial charge in [0.1, 0.15) is 0 Å². The van der Waals surface area contributed by atoms with Crippen LogP contribution in [0, 0.1) is 0 Å². The largest absolute Gasteiger partial charge is 0.478 e. The quantitative estimate of drug-likeness (QED) is 0.694. The van der Waals surface area contributed by atoms with Crippen LogP contribution in [-0.4, -0.2) is 36.1 Å². The number of nitrogens with zero attached hydrogens (tertiary/aromatic N) is 1. The molecule has 0 rings (SSSR count). The third-order valence-electron chi connectivity index (χ3n) is 1.93. The second-order valence-electron chi connectivity index (χ2n) is 3.15. The maximum absolute atomic E-state index is 9.99. The van der Waals surface area contributed by atoms with Crippen molar-refractivity contribution in [2.75, 3.05) is 20.1 Å². The topological polar surface area (TPSA) is 40.5 Å². The summed E-state index contributed by atoms with van der Waals surface area (Å²) in [6.45, 7) is 11.9. The molecule has 0 aromatic heterocycles. The minimum absolute atomic E-state index is 0.299. The zero-order valence-corrected chi connectivity index (χ0v) is 9.84. The Labute approximate surface area is 87.4 Å². The lowest BCUT2D eigenvalue weighted by molar-refractivity contribution is -0.132. The number of carboxylic acids is 1. The van der Waals surface area contributed by atoms with Crippen molar-refractivity contribution in [1.29, 1.82) is 0 Å². The molecule has 0 aliphatic heterocycles. The van der Waals surface area contributed by atoms with Crippen molar-refractivity contribution in [3.8, 4) is 0 Å². The molecular formula is C11H23NO2. The summed E-state index contributed by atoms with van der Waals surface area (Å²) in [6.07, 6.45) is 1.44.